The van der Waals surface area contributed by atoms with E-state index in [2.05, 4.69) is 15.4 Å². The van der Waals surface area contributed by atoms with Gasteiger partial charge >= 0.3 is 0 Å². The molecule has 33 heavy (non-hydrogen) atoms. The highest BCUT2D eigenvalue weighted by Gasteiger charge is 2.37. The van der Waals surface area contributed by atoms with Gasteiger partial charge in [-0.25, -0.2) is 0 Å². The molecule has 0 radical (unpaired) electrons. The summed E-state index contributed by atoms with van der Waals surface area (Å²) in [6.07, 6.45) is 5.11. The molecule has 2 fully saturated rings. The van der Waals surface area contributed by atoms with E-state index in [9.17, 15) is 9.59 Å². The summed E-state index contributed by atoms with van der Waals surface area (Å²) in [5.41, 5.74) is 2.87. The average Bonchev–Trinajstić information content (AvgIpc) is 3.38. The van der Waals surface area contributed by atoms with Crippen LogP contribution in [0.1, 0.15) is 28.8 Å². The minimum absolute atomic E-state index is 0.0140. The van der Waals surface area contributed by atoms with Crippen molar-refractivity contribution < 1.29 is 9.59 Å². The SMILES string of the molecule is O=C(/C=C/c1cc(Cl)cc(Cl)c1)N1CC[C@@H]2CN(C(=O)c3ccc4n[nH]nc4c3)C[C@@H]2CC1. The maximum atomic E-state index is 13.1. The first-order chi connectivity index (χ1) is 16.0. The van der Waals surface area contributed by atoms with Crippen molar-refractivity contribution >= 4 is 52.1 Å². The lowest BCUT2D eigenvalue weighted by Crippen LogP contribution is -2.33. The Balaban J connectivity index is 1.19. The Morgan fingerprint density at radius 1 is 0.909 bits per heavy atom. The van der Waals surface area contributed by atoms with Crippen LogP contribution in [0.3, 0.4) is 0 Å². The number of carbonyl (C=O) groups excluding carboxylic acids is 2. The van der Waals surface area contributed by atoms with Crippen molar-refractivity contribution in [2.75, 3.05) is 26.2 Å². The zero-order valence-corrected chi connectivity index (χ0v) is 19.4. The van der Waals surface area contributed by atoms with E-state index in [0.29, 0.717) is 46.1 Å². The third kappa shape index (κ3) is 4.75. The molecule has 1 N–H and O–H groups in total. The molecule has 7 nitrogen and oxygen atoms in total. The fraction of sp³-hybridized carbons (Fsp3) is 0.333. The summed E-state index contributed by atoms with van der Waals surface area (Å²) in [7, 11) is 0. The number of carbonyl (C=O) groups is 2. The molecule has 0 unspecified atom stereocenters. The van der Waals surface area contributed by atoms with Crippen LogP contribution in [0, 0.1) is 11.8 Å². The van der Waals surface area contributed by atoms with E-state index < -0.39 is 0 Å². The molecule has 2 atom stereocenters. The monoisotopic (exact) mass is 483 g/mol. The lowest BCUT2D eigenvalue weighted by Gasteiger charge is -2.21. The second-order valence-corrected chi connectivity index (χ2v) is 9.57. The molecule has 0 bridgehead atoms. The lowest BCUT2D eigenvalue weighted by molar-refractivity contribution is -0.126. The molecule has 3 heterocycles. The number of fused-ring (bicyclic) bond motifs is 2. The van der Waals surface area contributed by atoms with Crippen LogP contribution in [-0.4, -0.2) is 63.2 Å². The van der Waals surface area contributed by atoms with Gasteiger partial charge in [-0.15, -0.1) is 0 Å². The van der Waals surface area contributed by atoms with E-state index in [4.69, 9.17) is 23.2 Å². The number of benzene rings is 2. The third-order valence-electron chi connectivity index (χ3n) is 6.58. The Labute approximate surface area is 201 Å². The molecule has 0 saturated carbocycles. The highest BCUT2D eigenvalue weighted by atomic mass is 35.5. The fourth-order valence-electron chi connectivity index (χ4n) is 4.83. The predicted molar refractivity (Wildman–Crippen MR) is 128 cm³/mol. The highest BCUT2D eigenvalue weighted by Crippen LogP contribution is 2.33. The van der Waals surface area contributed by atoms with Crippen molar-refractivity contribution in [1.82, 2.24) is 25.2 Å². The number of aromatic amines is 1. The number of H-pyrrole nitrogens is 1. The third-order valence-corrected chi connectivity index (χ3v) is 7.02. The van der Waals surface area contributed by atoms with E-state index in [0.717, 1.165) is 37.0 Å². The Morgan fingerprint density at radius 3 is 2.27 bits per heavy atom. The number of nitrogens with zero attached hydrogens (tertiary/aromatic N) is 4. The zero-order chi connectivity index (χ0) is 22.9. The summed E-state index contributed by atoms with van der Waals surface area (Å²) >= 11 is 12.1. The van der Waals surface area contributed by atoms with Crippen molar-refractivity contribution in [3.05, 3.63) is 63.6 Å². The van der Waals surface area contributed by atoms with Gasteiger partial charge in [0.1, 0.15) is 11.0 Å². The van der Waals surface area contributed by atoms with Crippen LogP contribution in [-0.2, 0) is 4.79 Å². The molecule has 170 valence electrons. The average molecular weight is 484 g/mol. The largest absolute Gasteiger partial charge is 0.339 e. The highest BCUT2D eigenvalue weighted by molar-refractivity contribution is 6.34. The quantitative estimate of drug-likeness (QED) is 0.563. The Morgan fingerprint density at radius 2 is 1.58 bits per heavy atom. The molecule has 3 aromatic rings. The maximum absolute atomic E-state index is 13.1. The molecule has 9 heteroatoms. The lowest BCUT2D eigenvalue weighted by atomic mass is 9.92. The first-order valence-corrected chi connectivity index (χ1v) is 11.7. The van der Waals surface area contributed by atoms with E-state index in [1.54, 1.807) is 42.5 Å². The van der Waals surface area contributed by atoms with Crippen LogP contribution in [0.5, 0.6) is 0 Å². The molecule has 2 aliphatic rings. The topological polar surface area (TPSA) is 82.2 Å². The number of hydrogen-bond donors (Lipinski definition) is 1. The smallest absolute Gasteiger partial charge is 0.253 e. The number of aromatic nitrogens is 3. The van der Waals surface area contributed by atoms with E-state index in [1.807, 2.05) is 15.9 Å². The first kappa shape index (κ1) is 21.9. The first-order valence-electron chi connectivity index (χ1n) is 11.0. The van der Waals surface area contributed by atoms with Crippen molar-refractivity contribution in [3.63, 3.8) is 0 Å². The van der Waals surface area contributed by atoms with Crippen molar-refractivity contribution in [2.45, 2.75) is 12.8 Å². The van der Waals surface area contributed by atoms with Crippen molar-refractivity contribution in [2.24, 2.45) is 11.8 Å². The van der Waals surface area contributed by atoms with Gasteiger partial charge in [0.2, 0.25) is 5.91 Å². The summed E-state index contributed by atoms with van der Waals surface area (Å²) in [5, 5.41) is 11.8. The van der Waals surface area contributed by atoms with E-state index in [1.165, 1.54) is 0 Å². The number of nitrogens with one attached hydrogen (secondary N) is 1. The van der Waals surface area contributed by atoms with Crippen LogP contribution in [0.4, 0.5) is 0 Å². The van der Waals surface area contributed by atoms with Gasteiger partial charge in [-0.2, -0.15) is 15.4 Å². The van der Waals surface area contributed by atoms with Gasteiger partial charge < -0.3 is 9.80 Å². The van der Waals surface area contributed by atoms with Gasteiger partial charge in [-0.05, 0) is 72.7 Å². The number of rotatable bonds is 3. The Kier molecular flexibility index (Phi) is 6.08. The van der Waals surface area contributed by atoms with Crippen molar-refractivity contribution in [1.29, 1.82) is 0 Å². The molecular formula is C24H23Cl2N5O2. The molecule has 2 aliphatic heterocycles. The number of halogens is 2. The fourth-order valence-corrected chi connectivity index (χ4v) is 5.38. The summed E-state index contributed by atoms with van der Waals surface area (Å²) < 4.78 is 0. The molecule has 2 aromatic carbocycles. The standard InChI is InChI=1S/C24H23Cl2N5O2/c25-19-9-15(10-20(26)12-19)1-4-23(32)30-7-5-17-13-31(14-18(17)6-8-30)24(33)16-2-3-21-22(11-16)28-29-27-21/h1-4,9-12,17-18H,5-8,13-14H2,(H,27,28,29)/b4-1+/t17-,18+. The van der Waals surface area contributed by atoms with Gasteiger partial charge in [0, 0.05) is 47.9 Å². The van der Waals surface area contributed by atoms with Crippen molar-refractivity contribution in [3.8, 4) is 0 Å². The maximum Gasteiger partial charge on any atom is 0.253 e. The molecule has 0 spiro atoms. The van der Waals surface area contributed by atoms with Gasteiger partial charge in [-0.3, -0.25) is 9.59 Å². The Bertz CT molecular complexity index is 1200. The normalized spacial score (nSPS) is 20.9. The van der Waals surface area contributed by atoms with Gasteiger partial charge in [0.25, 0.3) is 5.91 Å². The molecule has 2 saturated heterocycles. The molecule has 2 amide bonds. The van der Waals surface area contributed by atoms with Crippen LogP contribution >= 0.6 is 23.2 Å². The summed E-state index contributed by atoms with van der Waals surface area (Å²) in [6, 6.07) is 10.6. The summed E-state index contributed by atoms with van der Waals surface area (Å²) in [6.45, 7) is 2.82. The number of likely N-dealkylation sites (tertiary alicyclic amines) is 2. The van der Waals surface area contributed by atoms with E-state index in [-0.39, 0.29) is 11.8 Å². The van der Waals surface area contributed by atoms with Gasteiger partial charge in [0.05, 0.1) is 0 Å². The van der Waals surface area contributed by atoms with Crippen LogP contribution < -0.4 is 0 Å². The van der Waals surface area contributed by atoms with Crippen LogP contribution in [0.15, 0.2) is 42.5 Å². The van der Waals surface area contributed by atoms with Gasteiger partial charge in [-0.1, -0.05) is 23.2 Å². The second kappa shape index (κ2) is 9.15. The predicted octanol–water partition coefficient (Wildman–Crippen LogP) is 4.29. The minimum atomic E-state index is -0.0140. The number of hydrogen-bond acceptors (Lipinski definition) is 4. The minimum Gasteiger partial charge on any atom is -0.339 e. The number of amides is 2. The van der Waals surface area contributed by atoms with Crippen LogP contribution in [0.2, 0.25) is 10.0 Å². The molecule has 1 aromatic heterocycles. The van der Waals surface area contributed by atoms with Gasteiger partial charge in [0.15, 0.2) is 0 Å². The van der Waals surface area contributed by atoms with E-state index >= 15 is 0 Å². The second-order valence-electron chi connectivity index (χ2n) is 8.70. The zero-order valence-electron chi connectivity index (χ0n) is 17.9. The Hall–Kier alpha value is -2.90. The van der Waals surface area contributed by atoms with Crippen LogP contribution in [0.25, 0.3) is 17.1 Å². The summed E-state index contributed by atoms with van der Waals surface area (Å²) in [5.74, 6) is 0.820. The molecule has 0 aliphatic carbocycles. The molecule has 5 rings (SSSR count). The summed E-state index contributed by atoms with van der Waals surface area (Å²) in [4.78, 5) is 29.6. The molecular weight excluding hydrogens is 461 g/mol.